The first kappa shape index (κ1) is 45.4. The van der Waals surface area contributed by atoms with Crippen LogP contribution in [0, 0.1) is 17.7 Å². The zero-order valence-electron chi connectivity index (χ0n) is 37.1. The van der Waals surface area contributed by atoms with Gasteiger partial charge in [0.2, 0.25) is 23.6 Å². The maximum atomic E-state index is 14.0. The van der Waals surface area contributed by atoms with E-state index in [2.05, 4.69) is 20.9 Å². The maximum Gasteiger partial charge on any atom is 0.264 e. The topological polar surface area (TPSA) is 167 Å². The number of imide groups is 2. The van der Waals surface area contributed by atoms with Crippen LogP contribution >= 0.6 is 0 Å². The minimum absolute atomic E-state index is 0.0109. The smallest absolute Gasteiger partial charge is 0.264 e. The number of anilines is 2. The number of carbonyl (C=O) groups excluding carboxylic acids is 6. The summed E-state index contributed by atoms with van der Waals surface area (Å²) in [6.07, 6.45) is 13.6. The van der Waals surface area contributed by atoms with E-state index in [0.717, 1.165) is 110 Å². The van der Waals surface area contributed by atoms with Crippen molar-refractivity contribution in [2.24, 2.45) is 11.8 Å². The van der Waals surface area contributed by atoms with Gasteiger partial charge in [0.05, 0.1) is 16.6 Å². The number of likely N-dealkylation sites (tertiary alicyclic amines) is 1. The van der Waals surface area contributed by atoms with E-state index in [9.17, 15) is 33.2 Å². The molecule has 4 aromatic rings. The summed E-state index contributed by atoms with van der Waals surface area (Å²) in [6.45, 7) is 3.97. The van der Waals surface area contributed by atoms with Crippen molar-refractivity contribution in [3.8, 4) is 5.75 Å². The Morgan fingerprint density at radius 2 is 1.58 bits per heavy atom. The number of benzene rings is 3. The standard InChI is InChI=1S/C51H59FN6O7/c1-32(33-12-14-34(15-13-33)39-24-28-54-42-21-16-35(52)31-41(39)42)48(61)55-36-17-19-37(20-18-36)65-38-25-29-57(30-26-38)46(60)11-6-4-2-3-5-7-27-53-43-10-8-9-40-47(43)51(64)58(50(40)63)44-22-23-45(59)56-49(44)62/h8-10,16-21,24,28,31-34,38,44,53H,2-7,11-15,22-23,25-27,29-30H2,1H3,(H,55,61)(H,56,59,62)/t32-,33-,34+,44?/m1/s1. The number of piperidine rings is 2. The highest BCUT2D eigenvalue weighted by atomic mass is 19.1. The molecule has 0 spiro atoms. The van der Waals surface area contributed by atoms with Gasteiger partial charge >= 0.3 is 0 Å². The molecular weight excluding hydrogens is 828 g/mol. The van der Waals surface area contributed by atoms with E-state index < -0.39 is 29.7 Å². The zero-order chi connectivity index (χ0) is 45.5. The minimum Gasteiger partial charge on any atom is -0.490 e. The van der Waals surface area contributed by atoms with Crippen LogP contribution < -0.4 is 20.7 Å². The highest BCUT2D eigenvalue weighted by Gasteiger charge is 2.45. The largest absolute Gasteiger partial charge is 0.490 e. The maximum absolute atomic E-state index is 14.0. The molecule has 14 heteroatoms. The number of rotatable bonds is 17. The van der Waals surface area contributed by atoms with Crippen LogP contribution in [0.4, 0.5) is 15.8 Å². The Morgan fingerprint density at radius 3 is 2.34 bits per heavy atom. The fourth-order valence-electron chi connectivity index (χ4n) is 10.1. The summed E-state index contributed by atoms with van der Waals surface area (Å²) in [5, 5.41) is 9.51. The van der Waals surface area contributed by atoms with Gasteiger partial charge in [-0.3, -0.25) is 44.0 Å². The number of unbranched alkanes of at least 4 members (excludes halogenated alkanes) is 5. The first-order chi connectivity index (χ1) is 31.5. The second-order valence-electron chi connectivity index (χ2n) is 18.1. The molecule has 65 heavy (non-hydrogen) atoms. The molecule has 1 unspecified atom stereocenters. The molecule has 1 aliphatic carbocycles. The lowest BCUT2D eigenvalue weighted by atomic mass is 9.73. The van der Waals surface area contributed by atoms with E-state index >= 15 is 0 Å². The average molecular weight is 887 g/mol. The van der Waals surface area contributed by atoms with E-state index in [1.54, 1.807) is 36.5 Å². The summed E-state index contributed by atoms with van der Waals surface area (Å²) in [4.78, 5) is 84.0. The summed E-state index contributed by atoms with van der Waals surface area (Å²) >= 11 is 0. The van der Waals surface area contributed by atoms with Crippen LogP contribution in [0.3, 0.4) is 0 Å². The average Bonchev–Trinajstić information content (AvgIpc) is 3.57. The predicted molar refractivity (Wildman–Crippen MR) is 245 cm³/mol. The first-order valence-corrected chi connectivity index (χ1v) is 23.5. The number of carbonyl (C=O) groups is 6. The van der Waals surface area contributed by atoms with Crippen molar-refractivity contribution in [1.29, 1.82) is 0 Å². The van der Waals surface area contributed by atoms with Gasteiger partial charge in [0, 0.05) is 74.2 Å². The molecule has 3 N–H and O–H groups in total. The van der Waals surface area contributed by atoms with Crippen molar-refractivity contribution in [2.45, 2.75) is 121 Å². The fourth-order valence-corrected chi connectivity index (χ4v) is 10.1. The number of ether oxygens (including phenoxy) is 1. The van der Waals surface area contributed by atoms with Crippen LogP contribution in [0.2, 0.25) is 0 Å². The Labute approximate surface area is 379 Å². The monoisotopic (exact) mass is 886 g/mol. The molecule has 4 aliphatic rings. The SMILES string of the molecule is C[C@@H](C(=O)Nc1ccc(OC2CCN(C(=O)CCCCCCCCNc3cccc4c3C(=O)N(C3CCC(=O)NC3=O)C4=O)CC2)cc1)[C@H]1CC[C@@H](c2ccnc3ccc(F)cc32)CC1. The Hall–Kier alpha value is -6.18. The second kappa shape index (κ2) is 20.8. The van der Waals surface area contributed by atoms with Gasteiger partial charge in [-0.2, -0.15) is 0 Å². The highest BCUT2D eigenvalue weighted by Crippen LogP contribution is 2.41. The number of aromatic nitrogens is 1. The van der Waals surface area contributed by atoms with Gasteiger partial charge in [-0.1, -0.05) is 38.7 Å². The third-order valence-corrected chi connectivity index (χ3v) is 13.9. The van der Waals surface area contributed by atoms with Crippen LogP contribution in [-0.4, -0.2) is 82.0 Å². The van der Waals surface area contributed by atoms with Crippen LogP contribution in [0.25, 0.3) is 10.9 Å². The number of nitrogens with zero attached hydrogens (tertiary/aromatic N) is 3. The Bertz CT molecular complexity index is 2410. The van der Waals surface area contributed by atoms with Gasteiger partial charge in [-0.25, -0.2) is 4.39 Å². The predicted octanol–water partition coefficient (Wildman–Crippen LogP) is 8.54. The van der Waals surface area contributed by atoms with Crippen molar-refractivity contribution in [3.05, 3.63) is 95.4 Å². The molecule has 1 saturated carbocycles. The first-order valence-electron chi connectivity index (χ1n) is 23.5. The van der Waals surface area contributed by atoms with Crippen molar-refractivity contribution >= 4 is 57.7 Å². The molecule has 1 aromatic heterocycles. The van der Waals surface area contributed by atoms with Gasteiger partial charge in [0.1, 0.15) is 23.7 Å². The Morgan fingerprint density at radius 1 is 0.846 bits per heavy atom. The lowest BCUT2D eigenvalue weighted by Gasteiger charge is -2.32. The van der Waals surface area contributed by atoms with E-state index in [-0.39, 0.29) is 59.5 Å². The zero-order valence-corrected chi connectivity index (χ0v) is 37.1. The molecular formula is C51H59FN6O7. The summed E-state index contributed by atoms with van der Waals surface area (Å²) in [5.41, 5.74) is 3.79. The number of halogens is 1. The van der Waals surface area contributed by atoms with Crippen molar-refractivity contribution in [2.75, 3.05) is 30.3 Å². The Kier molecular flexibility index (Phi) is 14.5. The molecule has 13 nitrogen and oxygen atoms in total. The van der Waals surface area contributed by atoms with E-state index in [0.29, 0.717) is 37.7 Å². The van der Waals surface area contributed by atoms with Gasteiger partial charge in [-0.05, 0) is 123 Å². The van der Waals surface area contributed by atoms with Gasteiger partial charge in [0.25, 0.3) is 11.8 Å². The minimum atomic E-state index is -0.994. The summed E-state index contributed by atoms with van der Waals surface area (Å²) < 4.78 is 20.3. The van der Waals surface area contributed by atoms with Crippen LogP contribution in [-0.2, 0) is 19.2 Å². The number of amides is 6. The molecule has 3 aromatic carbocycles. The van der Waals surface area contributed by atoms with Crippen LogP contribution in [0.5, 0.6) is 5.75 Å². The fraction of sp³-hybridized carbons (Fsp3) is 0.471. The van der Waals surface area contributed by atoms with Crippen LogP contribution in [0.15, 0.2) is 72.9 Å². The van der Waals surface area contributed by atoms with Crippen molar-refractivity contribution < 1.29 is 37.9 Å². The molecule has 0 bridgehead atoms. The number of hydrogen-bond acceptors (Lipinski definition) is 9. The quantitative estimate of drug-likeness (QED) is 0.0696. The van der Waals surface area contributed by atoms with Gasteiger partial charge in [0.15, 0.2) is 0 Å². The molecule has 0 radical (unpaired) electrons. The number of pyridine rings is 1. The Balaban J connectivity index is 0.673. The summed E-state index contributed by atoms with van der Waals surface area (Å²) in [7, 11) is 0. The summed E-state index contributed by atoms with van der Waals surface area (Å²) in [5.74, 6) is -0.904. The second-order valence-corrected chi connectivity index (χ2v) is 18.1. The molecule has 3 aliphatic heterocycles. The molecule has 4 heterocycles. The molecule has 8 rings (SSSR count). The molecule has 342 valence electrons. The molecule has 3 fully saturated rings. The third-order valence-electron chi connectivity index (χ3n) is 13.9. The normalized spacial score (nSPS) is 20.7. The molecule has 6 amide bonds. The van der Waals surface area contributed by atoms with Crippen molar-refractivity contribution in [3.63, 3.8) is 0 Å². The third kappa shape index (κ3) is 10.7. The van der Waals surface area contributed by atoms with Gasteiger partial charge in [-0.15, -0.1) is 0 Å². The summed E-state index contributed by atoms with van der Waals surface area (Å²) in [6, 6.07) is 18.4. The van der Waals surface area contributed by atoms with E-state index in [1.165, 1.54) is 6.07 Å². The molecule has 2 atom stereocenters. The van der Waals surface area contributed by atoms with Gasteiger partial charge < -0.3 is 20.3 Å². The number of hydrogen-bond donors (Lipinski definition) is 3. The van der Waals surface area contributed by atoms with E-state index in [4.69, 9.17) is 4.74 Å². The molecule has 2 saturated heterocycles. The number of fused-ring (bicyclic) bond motifs is 2. The van der Waals surface area contributed by atoms with Crippen molar-refractivity contribution in [1.82, 2.24) is 20.1 Å². The van der Waals surface area contributed by atoms with Crippen LogP contribution in [0.1, 0.15) is 135 Å². The lowest BCUT2D eigenvalue weighted by molar-refractivity contribution is -0.136. The highest BCUT2D eigenvalue weighted by molar-refractivity contribution is 6.25. The van der Waals surface area contributed by atoms with E-state index in [1.807, 2.05) is 42.2 Å². The number of nitrogens with one attached hydrogen (secondary N) is 3. The lowest BCUT2D eigenvalue weighted by Crippen LogP contribution is -2.54.